The molecule has 10 heteroatoms. The zero-order chi connectivity index (χ0) is 27.2. The summed E-state index contributed by atoms with van der Waals surface area (Å²) in [5, 5.41) is 3.09. The van der Waals surface area contributed by atoms with Crippen LogP contribution >= 0.6 is 0 Å². The maximum atomic E-state index is 13.8. The van der Waals surface area contributed by atoms with Crippen molar-refractivity contribution >= 4 is 27.7 Å². The number of anilines is 1. The van der Waals surface area contributed by atoms with Crippen LogP contribution in [0.5, 0.6) is 0 Å². The molecule has 0 spiro atoms. The molecule has 0 unspecified atom stereocenters. The standard InChI is InChI=1S/C27H37FN4O4S/c1-5-25(27(34)29-23-11-6-7-12-23)31(18-21-10-8-9-20(2)17-21)26(33)19-32(37(35,36)30(3)4)24-15-13-22(28)14-16-24/h8-10,13-17,23,25H,5-7,11-12,18-19H2,1-4H3,(H,29,34)/t25-/m1/s1. The summed E-state index contributed by atoms with van der Waals surface area (Å²) < 4.78 is 41.9. The largest absolute Gasteiger partial charge is 0.352 e. The maximum absolute atomic E-state index is 13.8. The van der Waals surface area contributed by atoms with Gasteiger partial charge in [-0.15, -0.1) is 0 Å². The van der Waals surface area contributed by atoms with Gasteiger partial charge in [0.15, 0.2) is 0 Å². The Morgan fingerprint density at radius 2 is 1.73 bits per heavy atom. The van der Waals surface area contributed by atoms with Crippen molar-refractivity contribution in [2.45, 2.75) is 64.6 Å². The molecule has 202 valence electrons. The summed E-state index contributed by atoms with van der Waals surface area (Å²) in [6, 6.07) is 11.9. The van der Waals surface area contributed by atoms with E-state index in [4.69, 9.17) is 0 Å². The van der Waals surface area contributed by atoms with Crippen LogP contribution < -0.4 is 9.62 Å². The first-order valence-electron chi connectivity index (χ1n) is 12.6. The SMILES string of the molecule is CC[C@H](C(=O)NC1CCCC1)N(Cc1cccc(C)c1)C(=O)CN(c1ccc(F)cc1)S(=O)(=O)N(C)C. The number of hydrogen-bond acceptors (Lipinski definition) is 4. The van der Waals surface area contributed by atoms with Crippen LogP contribution in [0.25, 0.3) is 0 Å². The number of aryl methyl sites for hydroxylation is 1. The molecular weight excluding hydrogens is 495 g/mol. The van der Waals surface area contributed by atoms with E-state index in [0.29, 0.717) is 6.42 Å². The maximum Gasteiger partial charge on any atom is 0.304 e. The summed E-state index contributed by atoms with van der Waals surface area (Å²) in [5.74, 6) is -1.28. The molecule has 0 saturated heterocycles. The van der Waals surface area contributed by atoms with E-state index >= 15 is 0 Å². The normalized spacial score (nSPS) is 15.0. The number of rotatable bonds is 11. The number of nitrogens with zero attached hydrogens (tertiary/aromatic N) is 3. The monoisotopic (exact) mass is 532 g/mol. The van der Waals surface area contributed by atoms with Gasteiger partial charge in [-0.05, 0) is 56.0 Å². The molecule has 2 aromatic rings. The van der Waals surface area contributed by atoms with Gasteiger partial charge in [-0.1, -0.05) is 49.6 Å². The van der Waals surface area contributed by atoms with Gasteiger partial charge in [-0.3, -0.25) is 9.59 Å². The minimum absolute atomic E-state index is 0.0855. The molecule has 1 saturated carbocycles. The predicted octanol–water partition coefficient (Wildman–Crippen LogP) is 3.61. The third-order valence-corrected chi connectivity index (χ3v) is 8.48. The molecular formula is C27H37FN4O4S. The topological polar surface area (TPSA) is 90.0 Å². The zero-order valence-electron chi connectivity index (χ0n) is 22.0. The fourth-order valence-electron chi connectivity index (χ4n) is 4.62. The van der Waals surface area contributed by atoms with Crippen LogP contribution in [-0.2, 0) is 26.3 Å². The summed E-state index contributed by atoms with van der Waals surface area (Å²) in [6.07, 6.45) is 4.30. The van der Waals surface area contributed by atoms with E-state index in [1.165, 1.54) is 31.1 Å². The third kappa shape index (κ3) is 7.29. The van der Waals surface area contributed by atoms with Crippen molar-refractivity contribution in [1.29, 1.82) is 0 Å². The van der Waals surface area contributed by atoms with E-state index in [2.05, 4.69) is 5.32 Å². The molecule has 3 rings (SSSR count). The molecule has 0 heterocycles. The smallest absolute Gasteiger partial charge is 0.304 e. The molecule has 8 nitrogen and oxygen atoms in total. The van der Waals surface area contributed by atoms with Crippen molar-refractivity contribution < 1.29 is 22.4 Å². The van der Waals surface area contributed by atoms with E-state index in [0.717, 1.165) is 57.6 Å². The van der Waals surface area contributed by atoms with Gasteiger partial charge in [0.25, 0.3) is 0 Å². The van der Waals surface area contributed by atoms with Gasteiger partial charge >= 0.3 is 10.2 Å². The van der Waals surface area contributed by atoms with E-state index < -0.39 is 34.5 Å². The Balaban J connectivity index is 1.96. The minimum atomic E-state index is -4.09. The number of carbonyl (C=O) groups excluding carboxylic acids is 2. The summed E-state index contributed by atoms with van der Waals surface area (Å²) in [4.78, 5) is 28.6. The van der Waals surface area contributed by atoms with Crippen molar-refractivity contribution in [3.63, 3.8) is 0 Å². The van der Waals surface area contributed by atoms with Crippen LogP contribution in [-0.4, -0.2) is 62.2 Å². The van der Waals surface area contributed by atoms with Crippen LogP contribution in [0, 0.1) is 12.7 Å². The third-order valence-electron chi connectivity index (χ3n) is 6.66. The highest BCUT2D eigenvalue weighted by Gasteiger charge is 2.34. The van der Waals surface area contributed by atoms with Crippen molar-refractivity contribution in [3.05, 3.63) is 65.5 Å². The Bertz CT molecular complexity index is 1180. The van der Waals surface area contributed by atoms with Gasteiger partial charge in [0.1, 0.15) is 18.4 Å². The number of halogens is 1. The molecule has 1 N–H and O–H groups in total. The minimum Gasteiger partial charge on any atom is -0.352 e. The molecule has 0 bridgehead atoms. The van der Waals surface area contributed by atoms with E-state index in [-0.39, 0.29) is 24.2 Å². The first-order chi connectivity index (χ1) is 17.5. The van der Waals surface area contributed by atoms with Gasteiger partial charge in [0, 0.05) is 26.7 Å². The quantitative estimate of drug-likeness (QED) is 0.479. The second-order valence-corrected chi connectivity index (χ2v) is 11.8. The Labute approximate surface area is 219 Å². The van der Waals surface area contributed by atoms with Crippen molar-refractivity contribution in [1.82, 2.24) is 14.5 Å². The van der Waals surface area contributed by atoms with Crippen molar-refractivity contribution in [2.24, 2.45) is 0 Å². The summed E-state index contributed by atoms with van der Waals surface area (Å²) in [7, 11) is -1.36. The molecule has 0 aromatic heterocycles. The number of benzene rings is 2. The number of hydrogen-bond donors (Lipinski definition) is 1. The molecule has 1 atom stereocenters. The molecule has 1 aliphatic carbocycles. The van der Waals surface area contributed by atoms with Crippen LogP contribution in [0.15, 0.2) is 48.5 Å². The second-order valence-electron chi connectivity index (χ2n) is 9.70. The Morgan fingerprint density at radius 3 is 2.30 bits per heavy atom. The molecule has 1 fully saturated rings. The van der Waals surface area contributed by atoms with Crippen LogP contribution in [0.2, 0.25) is 0 Å². The average Bonchev–Trinajstić information content (AvgIpc) is 3.35. The summed E-state index contributed by atoms with van der Waals surface area (Å²) in [6.45, 7) is 3.39. The Hall–Kier alpha value is -2.98. The second kappa shape index (κ2) is 12.5. The lowest BCUT2D eigenvalue weighted by Crippen LogP contribution is -2.54. The molecule has 0 radical (unpaired) electrons. The number of amides is 2. The van der Waals surface area contributed by atoms with Gasteiger partial charge in [0.2, 0.25) is 11.8 Å². The van der Waals surface area contributed by atoms with Crippen molar-refractivity contribution in [2.75, 3.05) is 24.9 Å². The fraction of sp³-hybridized carbons (Fsp3) is 0.481. The summed E-state index contributed by atoms with van der Waals surface area (Å²) in [5.41, 5.74) is 2.00. The Kier molecular flexibility index (Phi) is 9.67. The molecule has 0 aliphatic heterocycles. The molecule has 2 aromatic carbocycles. The van der Waals surface area contributed by atoms with Crippen molar-refractivity contribution in [3.8, 4) is 0 Å². The summed E-state index contributed by atoms with van der Waals surface area (Å²) >= 11 is 0. The first-order valence-corrected chi connectivity index (χ1v) is 14.0. The van der Waals surface area contributed by atoms with Crippen LogP contribution in [0.3, 0.4) is 0 Å². The lowest BCUT2D eigenvalue weighted by atomic mass is 10.1. The fourth-order valence-corrected chi connectivity index (χ4v) is 5.67. The lowest BCUT2D eigenvalue weighted by Gasteiger charge is -2.34. The predicted molar refractivity (Wildman–Crippen MR) is 143 cm³/mol. The van der Waals surface area contributed by atoms with Crippen LogP contribution in [0.1, 0.15) is 50.2 Å². The molecule has 1 aliphatic rings. The van der Waals surface area contributed by atoms with Gasteiger partial charge in [0.05, 0.1) is 5.69 Å². The van der Waals surface area contributed by atoms with Gasteiger partial charge in [-0.2, -0.15) is 12.7 Å². The van der Waals surface area contributed by atoms with E-state index in [9.17, 15) is 22.4 Å². The Morgan fingerprint density at radius 1 is 1.08 bits per heavy atom. The van der Waals surface area contributed by atoms with E-state index in [1.54, 1.807) is 0 Å². The highest BCUT2D eigenvalue weighted by molar-refractivity contribution is 7.90. The molecule has 37 heavy (non-hydrogen) atoms. The number of carbonyl (C=O) groups is 2. The van der Waals surface area contributed by atoms with Crippen LogP contribution in [0.4, 0.5) is 10.1 Å². The highest BCUT2D eigenvalue weighted by Crippen LogP contribution is 2.23. The lowest BCUT2D eigenvalue weighted by molar-refractivity contribution is -0.140. The molecule has 2 amide bonds. The number of nitrogens with one attached hydrogen (secondary N) is 1. The zero-order valence-corrected chi connectivity index (χ0v) is 22.8. The van der Waals surface area contributed by atoms with Gasteiger partial charge in [-0.25, -0.2) is 8.70 Å². The van der Waals surface area contributed by atoms with Gasteiger partial charge < -0.3 is 10.2 Å². The van der Waals surface area contributed by atoms with E-state index in [1.807, 2.05) is 38.1 Å². The average molecular weight is 533 g/mol. The first kappa shape index (κ1) is 28.6. The highest BCUT2D eigenvalue weighted by atomic mass is 32.2.